The lowest BCUT2D eigenvalue weighted by Crippen LogP contribution is -2.55. The van der Waals surface area contributed by atoms with Crippen molar-refractivity contribution >= 4 is 34.5 Å². The van der Waals surface area contributed by atoms with Gasteiger partial charge in [0.25, 0.3) is 0 Å². The number of H-pyrrole nitrogens is 1. The van der Waals surface area contributed by atoms with E-state index in [2.05, 4.69) is 20.5 Å². The van der Waals surface area contributed by atoms with Gasteiger partial charge >= 0.3 is 12.0 Å². The van der Waals surface area contributed by atoms with Gasteiger partial charge in [0.05, 0.1) is 12.2 Å². The van der Waals surface area contributed by atoms with Crippen LogP contribution in [0.1, 0.15) is 28.4 Å². The molecular weight excluding hydrogens is 562 g/mol. The number of carbonyl (C=O) groups is 3. The number of aromatic amines is 1. The number of carbonyl (C=O) groups excluding carboxylic acids is 3. The van der Waals surface area contributed by atoms with Gasteiger partial charge in [-0.1, -0.05) is 24.3 Å². The molecule has 1 atom stereocenters. The zero-order valence-corrected chi connectivity index (χ0v) is 24.5. The molecule has 44 heavy (non-hydrogen) atoms. The Balaban J connectivity index is 1.11. The van der Waals surface area contributed by atoms with Crippen LogP contribution >= 0.6 is 0 Å². The van der Waals surface area contributed by atoms with Crippen LogP contribution in [-0.2, 0) is 22.5 Å². The van der Waals surface area contributed by atoms with Gasteiger partial charge < -0.3 is 34.7 Å². The Labute approximate surface area is 255 Å². The van der Waals surface area contributed by atoms with E-state index in [-0.39, 0.29) is 19.3 Å². The monoisotopic (exact) mass is 597 g/mol. The van der Waals surface area contributed by atoms with Gasteiger partial charge in [0.15, 0.2) is 11.5 Å². The third-order valence-electron chi connectivity index (χ3n) is 7.88. The minimum absolute atomic E-state index is 0.134. The average Bonchev–Trinajstić information content (AvgIpc) is 3.68. The van der Waals surface area contributed by atoms with E-state index in [1.54, 1.807) is 31.2 Å². The molecule has 2 aliphatic heterocycles. The number of fused-ring (bicyclic) bond motifs is 2. The number of hydrogen-bond donors (Lipinski definition) is 3. The van der Waals surface area contributed by atoms with Crippen LogP contribution in [0.4, 0.5) is 10.5 Å². The SMILES string of the molecule is CCOC(=O)c1ccc(NC(=O)NC(Cc2c[nH]c3ccccc23)C(=O)N2CCN(Cc3ccc4c(c3)OCO4)CC2)cc1. The molecule has 3 aromatic carbocycles. The van der Waals surface area contributed by atoms with Crippen molar-refractivity contribution in [2.45, 2.75) is 25.9 Å². The maximum absolute atomic E-state index is 13.9. The first-order valence-corrected chi connectivity index (χ1v) is 14.8. The number of anilines is 1. The lowest BCUT2D eigenvalue weighted by atomic mass is 10.0. The molecule has 1 saturated heterocycles. The highest BCUT2D eigenvalue weighted by Crippen LogP contribution is 2.33. The molecular formula is C33H35N5O6. The van der Waals surface area contributed by atoms with Crippen molar-refractivity contribution in [3.8, 4) is 11.5 Å². The van der Waals surface area contributed by atoms with E-state index in [0.29, 0.717) is 43.9 Å². The molecule has 11 heteroatoms. The summed E-state index contributed by atoms with van der Waals surface area (Å²) in [6, 6.07) is 19.0. The summed E-state index contributed by atoms with van der Waals surface area (Å²) in [6.45, 7) is 5.52. The quantitative estimate of drug-likeness (QED) is 0.248. The summed E-state index contributed by atoms with van der Waals surface area (Å²) in [5.74, 6) is 0.959. The number of rotatable bonds is 9. The van der Waals surface area contributed by atoms with Crippen molar-refractivity contribution in [3.63, 3.8) is 0 Å². The molecule has 0 bridgehead atoms. The van der Waals surface area contributed by atoms with Crippen LogP contribution in [0, 0.1) is 0 Å². The molecule has 0 radical (unpaired) electrons. The van der Waals surface area contributed by atoms with Crippen LogP contribution in [0.5, 0.6) is 11.5 Å². The maximum Gasteiger partial charge on any atom is 0.338 e. The third-order valence-corrected chi connectivity index (χ3v) is 7.88. The van der Waals surface area contributed by atoms with E-state index in [1.165, 1.54) is 0 Å². The topological polar surface area (TPSA) is 125 Å². The number of benzene rings is 3. The van der Waals surface area contributed by atoms with Gasteiger partial charge in [0.1, 0.15) is 6.04 Å². The highest BCUT2D eigenvalue weighted by molar-refractivity contribution is 5.95. The molecule has 0 spiro atoms. The molecule has 2 aliphatic rings. The highest BCUT2D eigenvalue weighted by Gasteiger charge is 2.30. The highest BCUT2D eigenvalue weighted by atomic mass is 16.7. The average molecular weight is 598 g/mol. The van der Waals surface area contributed by atoms with Crippen molar-refractivity contribution in [1.29, 1.82) is 0 Å². The van der Waals surface area contributed by atoms with Gasteiger partial charge in [-0.05, 0) is 60.5 Å². The van der Waals surface area contributed by atoms with Gasteiger partial charge in [0.2, 0.25) is 12.7 Å². The van der Waals surface area contributed by atoms with Crippen LogP contribution in [0.3, 0.4) is 0 Å². The van der Waals surface area contributed by atoms with Crippen molar-refractivity contribution in [1.82, 2.24) is 20.1 Å². The molecule has 4 aromatic rings. The first-order valence-electron chi connectivity index (χ1n) is 14.8. The van der Waals surface area contributed by atoms with Gasteiger partial charge in [-0.15, -0.1) is 0 Å². The van der Waals surface area contributed by atoms with E-state index in [1.807, 2.05) is 53.6 Å². The summed E-state index contributed by atoms with van der Waals surface area (Å²) in [5.41, 5.74) is 3.92. The second-order valence-electron chi connectivity index (χ2n) is 10.8. The fourth-order valence-electron chi connectivity index (χ4n) is 5.59. The molecule has 11 nitrogen and oxygen atoms in total. The Bertz CT molecular complexity index is 1640. The van der Waals surface area contributed by atoms with Gasteiger partial charge in [-0.25, -0.2) is 9.59 Å². The van der Waals surface area contributed by atoms with Crippen molar-refractivity contribution in [3.05, 3.63) is 89.6 Å². The van der Waals surface area contributed by atoms with Crippen LogP contribution in [0.2, 0.25) is 0 Å². The van der Waals surface area contributed by atoms with Gasteiger partial charge in [-0.3, -0.25) is 9.69 Å². The predicted molar refractivity (Wildman–Crippen MR) is 165 cm³/mol. The van der Waals surface area contributed by atoms with Crippen LogP contribution < -0.4 is 20.1 Å². The first kappa shape index (κ1) is 29.1. The van der Waals surface area contributed by atoms with E-state index in [0.717, 1.165) is 40.1 Å². The van der Waals surface area contributed by atoms with Crippen molar-refractivity contribution in [2.75, 3.05) is 44.9 Å². The normalized spacial score (nSPS) is 15.2. The number of para-hydroxylation sites is 1. The maximum atomic E-state index is 13.9. The Morgan fingerprint density at radius 3 is 2.52 bits per heavy atom. The Hall–Kier alpha value is -5.03. The Morgan fingerprint density at radius 2 is 1.73 bits per heavy atom. The second-order valence-corrected chi connectivity index (χ2v) is 10.8. The fraction of sp³-hybridized carbons (Fsp3) is 0.303. The zero-order valence-electron chi connectivity index (χ0n) is 24.5. The summed E-state index contributed by atoms with van der Waals surface area (Å²) in [5, 5.41) is 6.71. The molecule has 3 heterocycles. The molecule has 228 valence electrons. The van der Waals surface area contributed by atoms with Crippen LogP contribution in [0.15, 0.2) is 72.9 Å². The first-order chi connectivity index (χ1) is 21.5. The van der Waals surface area contributed by atoms with Crippen molar-refractivity contribution in [2.24, 2.45) is 0 Å². The summed E-state index contributed by atoms with van der Waals surface area (Å²) >= 11 is 0. The number of amides is 3. The number of hydrogen-bond acceptors (Lipinski definition) is 7. The van der Waals surface area contributed by atoms with E-state index >= 15 is 0 Å². The Kier molecular flexibility index (Phi) is 8.64. The predicted octanol–water partition coefficient (Wildman–Crippen LogP) is 4.15. The molecule has 0 aliphatic carbocycles. The number of urea groups is 1. The lowest BCUT2D eigenvalue weighted by Gasteiger charge is -2.36. The second kappa shape index (κ2) is 13.1. The fourth-order valence-corrected chi connectivity index (χ4v) is 5.59. The summed E-state index contributed by atoms with van der Waals surface area (Å²) < 4.78 is 15.9. The molecule has 1 unspecified atom stereocenters. The minimum atomic E-state index is -0.784. The van der Waals surface area contributed by atoms with Crippen molar-refractivity contribution < 1.29 is 28.6 Å². The van der Waals surface area contributed by atoms with Gasteiger partial charge in [0, 0.05) is 61.9 Å². The largest absolute Gasteiger partial charge is 0.462 e. The molecule has 3 amide bonds. The number of ether oxygens (including phenoxy) is 3. The zero-order chi connectivity index (χ0) is 30.5. The Morgan fingerprint density at radius 1 is 0.955 bits per heavy atom. The van der Waals surface area contributed by atoms with Gasteiger partial charge in [-0.2, -0.15) is 0 Å². The third kappa shape index (κ3) is 6.63. The summed E-state index contributed by atoms with van der Waals surface area (Å²) in [4.78, 5) is 46.4. The molecule has 1 fully saturated rings. The van der Waals surface area contributed by atoms with E-state index in [9.17, 15) is 14.4 Å². The van der Waals surface area contributed by atoms with Crippen LogP contribution in [-0.4, -0.2) is 78.3 Å². The number of nitrogens with one attached hydrogen (secondary N) is 3. The number of aromatic nitrogens is 1. The lowest BCUT2D eigenvalue weighted by molar-refractivity contribution is -0.135. The number of nitrogens with zero attached hydrogens (tertiary/aromatic N) is 2. The summed E-state index contributed by atoms with van der Waals surface area (Å²) in [7, 11) is 0. The standard InChI is InChI=1S/C33H35N5O6/c1-2-42-32(40)23-8-10-25(11-9-23)35-33(41)36-28(18-24-19-34-27-6-4-3-5-26(24)27)31(39)38-15-13-37(14-16-38)20-22-7-12-29-30(17-22)44-21-43-29/h3-12,17,19,28,34H,2,13-16,18,20-21H2,1H3,(H2,35,36,41). The number of esters is 1. The molecule has 1 aromatic heterocycles. The minimum Gasteiger partial charge on any atom is -0.462 e. The van der Waals surface area contributed by atoms with E-state index in [4.69, 9.17) is 14.2 Å². The molecule has 6 rings (SSSR count). The summed E-state index contributed by atoms with van der Waals surface area (Å²) in [6.07, 6.45) is 2.22. The molecule has 3 N–H and O–H groups in total. The molecule has 0 saturated carbocycles. The smallest absolute Gasteiger partial charge is 0.338 e. The van der Waals surface area contributed by atoms with E-state index < -0.39 is 18.0 Å². The van der Waals surface area contributed by atoms with Crippen LogP contribution in [0.25, 0.3) is 10.9 Å². The number of piperazine rings is 1.